The molecular formula is C16H22BrNO. The number of amides is 1. The molecule has 2 rings (SSSR count). The largest absolute Gasteiger partial charge is 0.356 e. The molecule has 3 atom stereocenters. The van der Waals surface area contributed by atoms with Gasteiger partial charge < -0.3 is 5.32 Å². The number of carbonyl (C=O) groups excluding carboxylic acids is 1. The van der Waals surface area contributed by atoms with Crippen molar-refractivity contribution in [1.82, 2.24) is 5.32 Å². The molecule has 1 aromatic rings. The molecule has 1 N–H and O–H groups in total. The quantitative estimate of drug-likeness (QED) is 0.761. The van der Waals surface area contributed by atoms with Gasteiger partial charge in [0.1, 0.15) is 0 Å². The van der Waals surface area contributed by atoms with Crippen LogP contribution in [-0.2, 0) is 4.79 Å². The number of benzene rings is 1. The van der Waals surface area contributed by atoms with Gasteiger partial charge in [-0.2, -0.15) is 0 Å². The Bertz CT molecular complexity index is 406. The van der Waals surface area contributed by atoms with Crippen LogP contribution in [0.3, 0.4) is 0 Å². The summed E-state index contributed by atoms with van der Waals surface area (Å²) in [6, 6.07) is 10.4. The fourth-order valence-electron chi connectivity index (χ4n) is 2.53. The van der Waals surface area contributed by atoms with Gasteiger partial charge >= 0.3 is 0 Å². The molecule has 0 saturated heterocycles. The predicted octanol–water partition coefficient (Wildman–Crippen LogP) is 3.72. The van der Waals surface area contributed by atoms with Crippen LogP contribution in [0.25, 0.3) is 0 Å². The summed E-state index contributed by atoms with van der Waals surface area (Å²) in [6.07, 6.45) is 3.26. The summed E-state index contributed by atoms with van der Waals surface area (Å²) in [5, 5.41) is 4.13. The Hall–Kier alpha value is -0.830. The SMILES string of the molecule is CCC(CCBr)CNC(=O)C1CC1c1ccccc1. The highest BCUT2D eigenvalue weighted by atomic mass is 79.9. The van der Waals surface area contributed by atoms with Crippen molar-refractivity contribution in [2.75, 3.05) is 11.9 Å². The van der Waals surface area contributed by atoms with Crippen LogP contribution in [0, 0.1) is 11.8 Å². The van der Waals surface area contributed by atoms with Gasteiger partial charge in [0.15, 0.2) is 0 Å². The Morgan fingerprint density at radius 2 is 2.16 bits per heavy atom. The van der Waals surface area contributed by atoms with Crippen LogP contribution >= 0.6 is 15.9 Å². The van der Waals surface area contributed by atoms with Crippen LogP contribution in [0.1, 0.15) is 37.7 Å². The van der Waals surface area contributed by atoms with Crippen molar-refractivity contribution in [2.45, 2.75) is 32.1 Å². The highest BCUT2D eigenvalue weighted by Gasteiger charge is 2.43. The van der Waals surface area contributed by atoms with Crippen molar-refractivity contribution in [2.24, 2.45) is 11.8 Å². The second-order valence-corrected chi connectivity index (χ2v) is 6.15. The average molecular weight is 324 g/mol. The number of nitrogens with one attached hydrogen (secondary N) is 1. The zero-order valence-corrected chi connectivity index (χ0v) is 13.0. The minimum absolute atomic E-state index is 0.198. The molecule has 3 unspecified atom stereocenters. The first-order valence-corrected chi connectivity index (χ1v) is 8.27. The fourth-order valence-corrected chi connectivity index (χ4v) is 3.18. The molecule has 0 radical (unpaired) electrons. The van der Waals surface area contributed by atoms with Crippen LogP contribution in [-0.4, -0.2) is 17.8 Å². The van der Waals surface area contributed by atoms with Crippen LogP contribution in [0.4, 0.5) is 0 Å². The lowest BCUT2D eigenvalue weighted by atomic mass is 10.0. The molecule has 0 aromatic heterocycles. The predicted molar refractivity (Wildman–Crippen MR) is 82.5 cm³/mol. The Kier molecular flexibility index (Phi) is 5.44. The molecule has 0 heterocycles. The van der Waals surface area contributed by atoms with E-state index in [-0.39, 0.29) is 11.8 Å². The number of hydrogen-bond acceptors (Lipinski definition) is 1. The van der Waals surface area contributed by atoms with Gasteiger partial charge in [0.2, 0.25) is 5.91 Å². The maximum absolute atomic E-state index is 12.1. The Balaban J connectivity index is 1.77. The van der Waals surface area contributed by atoms with Gasteiger partial charge in [-0.3, -0.25) is 4.79 Å². The lowest BCUT2D eigenvalue weighted by Gasteiger charge is -2.14. The monoisotopic (exact) mass is 323 g/mol. The highest BCUT2D eigenvalue weighted by molar-refractivity contribution is 9.09. The normalized spacial score (nSPS) is 22.8. The number of carbonyl (C=O) groups is 1. The third-order valence-corrected chi connectivity index (χ3v) is 4.47. The van der Waals surface area contributed by atoms with Gasteiger partial charge in [0.05, 0.1) is 0 Å². The Morgan fingerprint density at radius 1 is 1.42 bits per heavy atom. The van der Waals surface area contributed by atoms with Crippen molar-refractivity contribution in [3.8, 4) is 0 Å². The highest BCUT2D eigenvalue weighted by Crippen LogP contribution is 2.47. The van der Waals surface area contributed by atoms with E-state index < -0.39 is 0 Å². The van der Waals surface area contributed by atoms with Crippen molar-refractivity contribution in [3.05, 3.63) is 35.9 Å². The van der Waals surface area contributed by atoms with E-state index in [0.717, 1.165) is 31.1 Å². The van der Waals surface area contributed by atoms with E-state index in [2.05, 4.69) is 40.3 Å². The molecule has 1 aliphatic carbocycles. The molecule has 19 heavy (non-hydrogen) atoms. The minimum atomic E-state index is 0.198. The Morgan fingerprint density at radius 3 is 2.79 bits per heavy atom. The van der Waals surface area contributed by atoms with Crippen LogP contribution < -0.4 is 5.32 Å². The molecule has 2 nitrogen and oxygen atoms in total. The Labute approximate surface area is 124 Å². The molecule has 1 aliphatic rings. The van der Waals surface area contributed by atoms with E-state index in [4.69, 9.17) is 0 Å². The summed E-state index contributed by atoms with van der Waals surface area (Å²) >= 11 is 3.47. The average Bonchev–Trinajstić information content (AvgIpc) is 3.24. The second-order valence-electron chi connectivity index (χ2n) is 5.36. The molecule has 1 aromatic carbocycles. The van der Waals surface area contributed by atoms with Gasteiger partial charge in [-0.05, 0) is 30.2 Å². The summed E-state index contributed by atoms with van der Waals surface area (Å²) in [5.74, 6) is 1.47. The van der Waals surface area contributed by atoms with E-state index in [9.17, 15) is 4.79 Å². The van der Waals surface area contributed by atoms with Gasteiger partial charge in [-0.1, -0.05) is 59.6 Å². The summed E-state index contributed by atoms with van der Waals surface area (Å²) in [6.45, 7) is 3.00. The van der Waals surface area contributed by atoms with E-state index in [0.29, 0.717) is 11.8 Å². The number of hydrogen-bond donors (Lipinski definition) is 1. The molecule has 0 bridgehead atoms. The topological polar surface area (TPSA) is 29.1 Å². The number of halogens is 1. The maximum atomic E-state index is 12.1. The maximum Gasteiger partial charge on any atom is 0.223 e. The molecule has 1 saturated carbocycles. The van der Waals surface area contributed by atoms with Crippen LogP contribution in [0.15, 0.2) is 30.3 Å². The first-order chi connectivity index (χ1) is 9.26. The summed E-state index contributed by atoms with van der Waals surface area (Å²) in [5.41, 5.74) is 1.30. The first-order valence-electron chi connectivity index (χ1n) is 7.14. The standard InChI is InChI=1S/C16H22BrNO/c1-2-12(8-9-17)11-18-16(19)15-10-14(15)13-6-4-3-5-7-13/h3-7,12,14-15H,2,8-11H2,1H3,(H,18,19). The first kappa shape index (κ1) is 14.6. The molecule has 3 heteroatoms. The summed E-state index contributed by atoms with van der Waals surface area (Å²) in [7, 11) is 0. The van der Waals surface area contributed by atoms with Crippen LogP contribution in [0.5, 0.6) is 0 Å². The zero-order valence-electron chi connectivity index (χ0n) is 11.4. The zero-order chi connectivity index (χ0) is 13.7. The smallest absolute Gasteiger partial charge is 0.223 e. The van der Waals surface area contributed by atoms with Crippen molar-refractivity contribution >= 4 is 21.8 Å². The van der Waals surface area contributed by atoms with Crippen molar-refractivity contribution in [1.29, 1.82) is 0 Å². The van der Waals surface area contributed by atoms with E-state index >= 15 is 0 Å². The minimum Gasteiger partial charge on any atom is -0.356 e. The van der Waals surface area contributed by atoms with Crippen molar-refractivity contribution in [3.63, 3.8) is 0 Å². The molecular weight excluding hydrogens is 302 g/mol. The summed E-state index contributed by atoms with van der Waals surface area (Å²) < 4.78 is 0. The van der Waals surface area contributed by atoms with Gasteiger partial charge in [0, 0.05) is 17.8 Å². The molecule has 0 spiro atoms. The summed E-state index contributed by atoms with van der Waals surface area (Å²) in [4.78, 5) is 12.1. The van der Waals surface area contributed by atoms with Crippen LogP contribution in [0.2, 0.25) is 0 Å². The fraction of sp³-hybridized carbons (Fsp3) is 0.562. The third kappa shape index (κ3) is 4.07. The van der Waals surface area contributed by atoms with E-state index in [1.807, 2.05) is 18.2 Å². The molecule has 104 valence electrons. The van der Waals surface area contributed by atoms with E-state index in [1.54, 1.807) is 0 Å². The second kappa shape index (κ2) is 7.09. The molecule has 1 amide bonds. The lowest BCUT2D eigenvalue weighted by Crippen LogP contribution is -2.30. The molecule has 1 fully saturated rings. The number of alkyl halides is 1. The third-order valence-electron chi connectivity index (χ3n) is 4.01. The van der Waals surface area contributed by atoms with E-state index in [1.165, 1.54) is 5.56 Å². The lowest BCUT2D eigenvalue weighted by molar-refractivity contribution is -0.122. The van der Waals surface area contributed by atoms with Gasteiger partial charge in [-0.25, -0.2) is 0 Å². The van der Waals surface area contributed by atoms with Gasteiger partial charge in [-0.15, -0.1) is 0 Å². The van der Waals surface area contributed by atoms with Gasteiger partial charge in [0.25, 0.3) is 0 Å². The molecule has 0 aliphatic heterocycles. The van der Waals surface area contributed by atoms with Crippen molar-refractivity contribution < 1.29 is 4.79 Å². The number of rotatable bonds is 7.